The van der Waals surface area contributed by atoms with E-state index in [1.54, 1.807) is 18.4 Å². The van der Waals surface area contributed by atoms with E-state index in [2.05, 4.69) is 21.2 Å². The third-order valence-electron chi connectivity index (χ3n) is 3.54. The van der Waals surface area contributed by atoms with Gasteiger partial charge in [-0.1, -0.05) is 22.0 Å². The maximum absolute atomic E-state index is 12.2. The molecular formula is C17H22BrN2O2S+. The summed E-state index contributed by atoms with van der Waals surface area (Å²) in [6, 6.07) is 10.0. The van der Waals surface area contributed by atoms with Crippen molar-refractivity contribution in [2.24, 2.45) is 0 Å². The molecule has 0 saturated carbocycles. The summed E-state index contributed by atoms with van der Waals surface area (Å²) >= 11 is 5.14. The minimum Gasteiger partial charge on any atom is -0.496 e. The molecule has 2 N–H and O–H groups in total. The Morgan fingerprint density at radius 1 is 1.43 bits per heavy atom. The second-order valence-corrected chi connectivity index (χ2v) is 7.47. The fourth-order valence-electron chi connectivity index (χ4n) is 2.45. The van der Waals surface area contributed by atoms with E-state index in [1.807, 2.05) is 49.7 Å². The first-order chi connectivity index (χ1) is 11.0. The smallest absolute Gasteiger partial charge is 0.275 e. The fourth-order valence-corrected chi connectivity index (χ4v) is 3.59. The lowest BCUT2D eigenvalue weighted by atomic mass is 10.2. The van der Waals surface area contributed by atoms with Crippen LogP contribution in [0.15, 0.2) is 40.2 Å². The summed E-state index contributed by atoms with van der Waals surface area (Å²) in [6.45, 7) is 3.16. The van der Waals surface area contributed by atoms with Gasteiger partial charge in [-0.25, -0.2) is 0 Å². The molecule has 0 spiro atoms. The van der Waals surface area contributed by atoms with E-state index < -0.39 is 0 Å². The minimum atomic E-state index is 0.0516. The first kappa shape index (κ1) is 18.0. The highest BCUT2D eigenvalue weighted by molar-refractivity contribution is 9.10. The van der Waals surface area contributed by atoms with Gasteiger partial charge < -0.3 is 15.0 Å². The molecule has 1 unspecified atom stereocenters. The molecule has 1 aromatic carbocycles. The van der Waals surface area contributed by atoms with Gasteiger partial charge in [-0.3, -0.25) is 4.79 Å². The van der Waals surface area contributed by atoms with Crippen LogP contribution in [0.3, 0.4) is 0 Å². The molecule has 124 valence electrons. The van der Waals surface area contributed by atoms with Crippen LogP contribution in [-0.4, -0.2) is 26.6 Å². The van der Waals surface area contributed by atoms with Crippen molar-refractivity contribution in [2.45, 2.75) is 19.5 Å². The highest BCUT2D eigenvalue weighted by Crippen LogP contribution is 2.22. The van der Waals surface area contributed by atoms with E-state index in [-0.39, 0.29) is 11.9 Å². The van der Waals surface area contributed by atoms with Gasteiger partial charge in [0.1, 0.15) is 12.3 Å². The van der Waals surface area contributed by atoms with Crippen LogP contribution in [0.1, 0.15) is 23.4 Å². The second-order valence-electron chi connectivity index (χ2n) is 5.57. The first-order valence-corrected chi connectivity index (χ1v) is 9.13. The molecular weight excluding hydrogens is 376 g/mol. The van der Waals surface area contributed by atoms with Gasteiger partial charge in [-0.2, -0.15) is 0 Å². The van der Waals surface area contributed by atoms with Gasteiger partial charge in [0.15, 0.2) is 6.54 Å². The van der Waals surface area contributed by atoms with Gasteiger partial charge in [-0.05, 0) is 36.6 Å². The number of likely N-dealkylation sites (N-methyl/N-ethyl adjacent to an activating group) is 1. The van der Waals surface area contributed by atoms with Gasteiger partial charge >= 0.3 is 0 Å². The number of carbonyl (C=O) groups excluding carboxylic acids is 1. The van der Waals surface area contributed by atoms with Crippen LogP contribution in [0.25, 0.3) is 0 Å². The number of halogens is 1. The normalized spacial score (nSPS) is 13.4. The Morgan fingerprint density at radius 2 is 2.22 bits per heavy atom. The number of amides is 1. The Morgan fingerprint density at radius 3 is 2.87 bits per heavy atom. The van der Waals surface area contributed by atoms with E-state index in [9.17, 15) is 4.79 Å². The molecule has 2 rings (SSSR count). The average Bonchev–Trinajstić information content (AvgIpc) is 3.01. The lowest BCUT2D eigenvalue weighted by Crippen LogP contribution is -3.08. The van der Waals surface area contributed by atoms with Crippen molar-refractivity contribution in [1.82, 2.24) is 5.32 Å². The van der Waals surface area contributed by atoms with Crippen LogP contribution in [0, 0.1) is 0 Å². The molecule has 0 fully saturated rings. The van der Waals surface area contributed by atoms with Crippen LogP contribution >= 0.6 is 27.3 Å². The molecule has 2 aromatic rings. The van der Waals surface area contributed by atoms with E-state index >= 15 is 0 Å². The largest absolute Gasteiger partial charge is 0.496 e. The monoisotopic (exact) mass is 397 g/mol. The molecule has 0 radical (unpaired) electrons. The van der Waals surface area contributed by atoms with Crippen molar-refractivity contribution in [1.29, 1.82) is 0 Å². The maximum Gasteiger partial charge on any atom is 0.275 e. The Kier molecular flexibility index (Phi) is 6.62. The summed E-state index contributed by atoms with van der Waals surface area (Å²) in [7, 11) is 3.67. The highest BCUT2D eigenvalue weighted by atomic mass is 79.9. The van der Waals surface area contributed by atoms with Gasteiger partial charge in [0.2, 0.25) is 0 Å². The quantitative estimate of drug-likeness (QED) is 0.753. The number of quaternary nitrogens is 1. The molecule has 0 aliphatic rings. The molecule has 0 saturated heterocycles. The van der Waals surface area contributed by atoms with Gasteiger partial charge in [-0.15, -0.1) is 11.3 Å². The standard InChI is InChI=1S/C17H21BrN2O2S/c1-12(16-5-4-8-23-16)19-17(21)11-20(2)10-13-9-14(18)6-7-15(13)22-3/h4-9,12H,10-11H2,1-3H3,(H,19,21)/p+1/t12-/m0/s1. The van der Waals surface area contributed by atoms with Crippen molar-refractivity contribution < 1.29 is 14.4 Å². The zero-order valence-corrected chi connectivity index (χ0v) is 16.0. The number of thiophene rings is 1. The van der Waals surface area contributed by atoms with Gasteiger partial charge in [0, 0.05) is 14.9 Å². The predicted molar refractivity (Wildman–Crippen MR) is 97.0 cm³/mol. The molecule has 1 amide bonds. The van der Waals surface area contributed by atoms with Crippen molar-refractivity contribution in [3.8, 4) is 5.75 Å². The molecule has 1 aromatic heterocycles. The van der Waals surface area contributed by atoms with Crippen LogP contribution in [0.5, 0.6) is 5.75 Å². The van der Waals surface area contributed by atoms with E-state index in [4.69, 9.17) is 4.74 Å². The summed E-state index contributed by atoms with van der Waals surface area (Å²) in [4.78, 5) is 14.5. The molecule has 0 bridgehead atoms. The summed E-state index contributed by atoms with van der Waals surface area (Å²) in [5, 5.41) is 5.07. The third kappa shape index (κ3) is 5.34. The number of benzene rings is 1. The van der Waals surface area contributed by atoms with E-state index in [1.165, 1.54) is 4.88 Å². The topological polar surface area (TPSA) is 42.8 Å². The molecule has 6 heteroatoms. The van der Waals surface area contributed by atoms with Gasteiger partial charge in [0.05, 0.1) is 20.2 Å². The number of hydrogen-bond donors (Lipinski definition) is 2. The van der Waals surface area contributed by atoms with E-state index in [0.29, 0.717) is 6.54 Å². The number of nitrogens with one attached hydrogen (secondary N) is 2. The number of ether oxygens (including phenoxy) is 1. The highest BCUT2D eigenvalue weighted by Gasteiger charge is 2.16. The van der Waals surface area contributed by atoms with Crippen LogP contribution in [0.4, 0.5) is 0 Å². The molecule has 23 heavy (non-hydrogen) atoms. The number of hydrogen-bond acceptors (Lipinski definition) is 3. The lowest BCUT2D eigenvalue weighted by Gasteiger charge is -2.17. The number of methoxy groups -OCH3 is 1. The summed E-state index contributed by atoms with van der Waals surface area (Å²) < 4.78 is 6.40. The molecule has 0 aliphatic carbocycles. The molecule has 1 heterocycles. The molecule has 4 nitrogen and oxygen atoms in total. The van der Waals surface area contributed by atoms with E-state index in [0.717, 1.165) is 27.2 Å². The maximum atomic E-state index is 12.2. The third-order valence-corrected chi connectivity index (χ3v) is 5.09. The Balaban J connectivity index is 1.90. The van der Waals surface area contributed by atoms with Crippen molar-refractivity contribution in [2.75, 3.05) is 20.7 Å². The summed E-state index contributed by atoms with van der Waals surface area (Å²) in [6.07, 6.45) is 0. The summed E-state index contributed by atoms with van der Waals surface area (Å²) in [5.74, 6) is 0.900. The summed E-state index contributed by atoms with van der Waals surface area (Å²) in [5.41, 5.74) is 1.08. The minimum absolute atomic E-state index is 0.0516. The fraction of sp³-hybridized carbons (Fsp3) is 0.353. The Bertz CT molecular complexity index is 646. The van der Waals surface area contributed by atoms with Crippen LogP contribution in [-0.2, 0) is 11.3 Å². The second kappa shape index (κ2) is 8.47. The predicted octanol–water partition coefficient (Wildman–Crippen LogP) is 2.41. The molecule has 0 aliphatic heterocycles. The SMILES string of the molecule is COc1ccc(Br)cc1C[NH+](C)CC(=O)N[C@@H](C)c1cccs1. The van der Waals surface area contributed by atoms with Crippen LogP contribution in [0.2, 0.25) is 0 Å². The van der Waals surface area contributed by atoms with Crippen molar-refractivity contribution in [3.05, 3.63) is 50.6 Å². The zero-order chi connectivity index (χ0) is 16.8. The zero-order valence-electron chi connectivity index (χ0n) is 13.6. The lowest BCUT2D eigenvalue weighted by molar-refractivity contribution is -0.885. The van der Waals surface area contributed by atoms with Crippen molar-refractivity contribution in [3.63, 3.8) is 0 Å². The Hall–Kier alpha value is -1.37. The Labute approximate surface area is 149 Å². The van der Waals surface area contributed by atoms with Crippen LogP contribution < -0.4 is 15.0 Å². The number of rotatable bonds is 7. The number of carbonyl (C=O) groups is 1. The average molecular weight is 398 g/mol. The first-order valence-electron chi connectivity index (χ1n) is 7.46. The molecule has 2 atom stereocenters. The van der Waals surface area contributed by atoms with Gasteiger partial charge in [0.25, 0.3) is 5.91 Å². The van der Waals surface area contributed by atoms with Crippen molar-refractivity contribution >= 4 is 33.2 Å².